The third-order valence-electron chi connectivity index (χ3n) is 2.22. The first-order valence-electron chi connectivity index (χ1n) is 5.80. The van der Waals surface area contributed by atoms with Gasteiger partial charge in [0.05, 0.1) is 6.54 Å². The van der Waals surface area contributed by atoms with E-state index in [1.807, 2.05) is 13.8 Å². The molecular weight excluding hydrogens is 270 g/mol. The molecule has 0 unspecified atom stereocenters. The second-order valence-electron chi connectivity index (χ2n) is 4.39. The molecule has 104 valence electrons. The van der Waals surface area contributed by atoms with Crippen LogP contribution in [0.25, 0.3) is 0 Å². The largest absolute Gasteiger partial charge is 0.478 e. The van der Waals surface area contributed by atoms with Crippen molar-refractivity contribution < 1.29 is 14.7 Å². The molecule has 0 atom stereocenters. The zero-order chi connectivity index (χ0) is 14.4. The number of carboxylic acids is 1. The molecular formula is C12H16ClN3O3. The van der Waals surface area contributed by atoms with E-state index in [1.165, 1.54) is 12.1 Å². The van der Waals surface area contributed by atoms with Crippen molar-refractivity contribution in [3.63, 3.8) is 0 Å². The van der Waals surface area contributed by atoms with Crippen molar-refractivity contribution in [1.82, 2.24) is 10.3 Å². The molecule has 0 aromatic carbocycles. The smallest absolute Gasteiger partial charge is 0.339 e. The fraction of sp³-hybridized carbons (Fsp3) is 0.417. The van der Waals surface area contributed by atoms with E-state index in [0.29, 0.717) is 12.5 Å². The average Bonchev–Trinajstić information content (AvgIpc) is 2.33. The molecule has 1 amide bonds. The van der Waals surface area contributed by atoms with Gasteiger partial charge < -0.3 is 15.7 Å². The minimum atomic E-state index is -1.13. The zero-order valence-electron chi connectivity index (χ0n) is 10.7. The van der Waals surface area contributed by atoms with E-state index in [0.717, 1.165) is 0 Å². The van der Waals surface area contributed by atoms with E-state index in [-0.39, 0.29) is 29.0 Å². The number of pyridine rings is 1. The number of hydrogen-bond donors (Lipinski definition) is 3. The van der Waals surface area contributed by atoms with Gasteiger partial charge in [-0.05, 0) is 18.1 Å². The van der Waals surface area contributed by atoms with Gasteiger partial charge in [-0.1, -0.05) is 25.4 Å². The van der Waals surface area contributed by atoms with E-state index in [1.54, 1.807) is 0 Å². The number of aromatic carboxylic acids is 1. The standard InChI is InChI=1S/C12H16ClN3O3/c1-7(2)5-14-10(17)6-15-11-8(12(18)19)3-4-9(13)16-11/h3-4,7H,5-6H2,1-2H3,(H,14,17)(H,15,16)(H,18,19). The van der Waals surface area contributed by atoms with Gasteiger partial charge in [0.2, 0.25) is 5.91 Å². The maximum Gasteiger partial charge on any atom is 0.339 e. The van der Waals surface area contributed by atoms with Crippen LogP contribution in [0.4, 0.5) is 5.82 Å². The quantitative estimate of drug-likeness (QED) is 0.691. The predicted molar refractivity (Wildman–Crippen MR) is 72.5 cm³/mol. The van der Waals surface area contributed by atoms with Crippen LogP contribution in [0.3, 0.4) is 0 Å². The average molecular weight is 286 g/mol. The first-order chi connectivity index (χ1) is 8.90. The summed E-state index contributed by atoms with van der Waals surface area (Å²) >= 11 is 5.69. The van der Waals surface area contributed by atoms with Crippen LogP contribution in [0, 0.1) is 5.92 Å². The summed E-state index contributed by atoms with van der Waals surface area (Å²) in [5.41, 5.74) is -0.0268. The number of halogens is 1. The summed E-state index contributed by atoms with van der Waals surface area (Å²) in [5, 5.41) is 14.5. The molecule has 6 nitrogen and oxygen atoms in total. The third kappa shape index (κ3) is 5.13. The van der Waals surface area contributed by atoms with E-state index in [2.05, 4.69) is 15.6 Å². The number of anilines is 1. The summed E-state index contributed by atoms with van der Waals surface area (Å²) in [7, 11) is 0. The van der Waals surface area contributed by atoms with E-state index < -0.39 is 5.97 Å². The van der Waals surface area contributed by atoms with Crippen molar-refractivity contribution >= 4 is 29.3 Å². The fourth-order valence-corrected chi connectivity index (χ4v) is 1.43. The van der Waals surface area contributed by atoms with Gasteiger partial charge in [0.15, 0.2) is 0 Å². The molecule has 0 aliphatic heterocycles. The minimum Gasteiger partial charge on any atom is -0.478 e. The second-order valence-corrected chi connectivity index (χ2v) is 4.77. The number of carbonyl (C=O) groups is 2. The summed E-state index contributed by atoms with van der Waals surface area (Å²) in [4.78, 5) is 26.3. The van der Waals surface area contributed by atoms with Gasteiger partial charge in [-0.3, -0.25) is 4.79 Å². The molecule has 0 bridgehead atoms. The Morgan fingerprint density at radius 2 is 2.11 bits per heavy atom. The van der Waals surface area contributed by atoms with Crippen molar-refractivity contribution in [1.29, 1.82) is 0 Å². The Morgan fingerprint density at radius 1 is 1.42 bits per heavy atom. The molecule has 3 N–H and O–H groups in total. The number of amides is 1. The van der Waals surface area contributed by atoms with Gasteiger partial charge in [0, 0.05) is 6.54 Å². The highest BCUT2D eigenvalue weighted by atomic mass is 35.5. The summed E-state index contributed by atoms with van der Waals surface area (Å²) in [5.74, 6) is -0.927. The van der Waals surface area contributed by atoms with Crippen LogP contribution in [0.1, 0.15) is 24.2 Å². The maximum atomic E-state index is 11.5. The van der Waals surface area contributed by atoms with E-state index in [4.69, 9.17) is 16.7 Å². The van der Waals surface area contributed by atoms with E-state index >= 15 is 0 Å². The highest BCUT2D eigenvalue weighted by Gasteiger charge is 2.13. The van der Waals surface area contributed by atoms with Crippen LogP contribution < -0.4 is 10.6 Å². The number of rotatable bonds is 6. The van der Waals surface area contributed by atoms with Gasteiger partial charge in [-0.2, -0.15) is 0 Å². The van der Waals surface area contributed by atoms with Gasteiger partial charge in [-0.25, -0.2) is 9.78 Å². The maximum absolute atomic E-state index is 11.5. The highest BCUT2D eigenvalue weighted by molar-refractivity contribution is 6.29. The van der Waals surface area contributed by atoms with Crippen molar-refractivity contribution in [2.45, 2.75) is 13.8 Å². The molecule has 1 aromatic rings. The normalized spacial score (nSPS) is 10.3. The van der Waals surface area contributed by atoms with Crippen LogP contribution in [0.15, 0.2) is 12.1 Å². The Bertz CT molecular complexity index is 477. The molecule has 1 heterocycles. The van der Waals surface area contributed by atoms with Crippen LogP contribution in [0.2, 0.25) is 5.15 Å². The summed E-state index contributed by atoms with van der Waals surface area (Å²) in [6, 6.07) is 2.72. The summed E-state index contributed by atoms with van der Waals surface area (Å²) < 4.78 is 0. The Labute approximate surface area is 116 Å². The molecule has 0 saturated carbocycles. The Balaban J connectivity index is 2.64. The molecule has 19 heavy (non-hydrogen) atoms. The van der Waals surface area contributed by atoms with Gasteiger partial charge in [0.25, 0.3) is 0 Å². The van der Waals surface area contributed by atoms with Crippen molar-refractivity contribution in [2.24, 2.45) is 5.92 Å². The Morgan fingerprint density at radius 3 is 2.68 bits per heavy atom. The van der Waals surface area contributed by atoms with Crippen molar-refractivity contribution in [2.75, 3.05) is 18.4 Å². The second kappa shape index (κ2) is 6.94. The molecule has 0 saturated heterocycles. The Hall–Kier alpha value is -1.82. The van der Waals surface area contributed by atoms with Crippen LogP contribution in [-0.2, 0) is 4.79 Å². The summed E-state index contributed by atoms with van der Waals surface area (Å²) in [6.07, 6.45) is 0. The highest BCUT2D eigenvalue weighted by Crippen LogP contribution is 2.16. The molecule has 0 aliphatic rings. The molecule has 1 rings (SSSR count). The lowest BCUT2D eigenvalue weighted by Gasteiger charge is -2.10. The molecule has 1 aromatic heterocycles. The number of nitrogens with one attached hydrogen (secondary N) is 2. The third-order valence-corrected chi connectivity index (χ3v) is 2.43. The fourth-order valence-electron chi connectivity index (χ4n) is 1.29. The molecule has 0 radical (unpaired) electrons. The first-order valence-corrected chi connectivity index (χ1v) is 6.18. The SMILES string of the molecule is CC(C)CNC(=O)CNc1nc(Cl)ccc1C(=O)O. The van der Waals surface area contributed by atoms with Crippen LogP contribution in [0.5, 0.6) is 0 Å². The van der Waals surface area contributed by atoms with Gasteiger partial charge in [-0.15, -0.1) is 0 Å². The number of aromatic nitrogens is 1. The lowest BCUT2D eigenvalue weighted by atomic mass is 10.2. The van der Waals surface area contributed by atoms with Crippen molar-refractivity contribution in [3.05, 3.63) is 22.8 Å². The van der Waals surface area contributed by atoms with Gasteiger partial charge >= 0.3 is 5.97 Å². The van der Waals surface area contributed by atoms with Crippen LogP contribution in [-0.4, -0.2) is 35.1 Å². The lowest BCUT2D eigenvalue weighted by Crippen LogP contribution is -2.33. The molecule has 0 fully saturated rings. The monoisotopic (exact) mass is 285 g/mol. The van der Waals surface area contributed by atoms with Crippen LogP contribution >= 0.6 is 11.6 Å². The predicted octanol–water partition coefficient (Wildman–Crippen LogP) is 1.62. The first kappa shape index (κ1) is 15.2. The zero-order valence-corrected chi connectivity index (χ0v) is 11.5. The Kier molecular flexibility index (Phi) is 5.57. The minimum absolute atomic E-state index is 0.0268. The molecule has 7 heteroatoms. The molecule has 0 aliphatic carbocycles. The number of hydrogen-bond acceptors (Lipinski definition) is 4. The number of carboxylic acid groups (broad SMARTS) is 1. The topological polar surface area (TPSA) is 91.3 Å². The van der Waals surface area contributed by atoms with Crippen molar-refractivity contribution in [3.8, 4) is 0 Å². The lowest BCUT2D eigenvalue weighted by molar-refractivity contribution is -0.119. The summed E-state index contributed by atoms with van der Waals surface area (Å²) in [6.45, 7) is 4.47. The number of carbonyl (C=O) groups excluding carboxylic acids is 1. The van der Waals surface area contributed by atoms with E-state index in [9.17, 15) is 9.59 Å². The van der Waals surface area contributed by atoms with Gasteiger partial charge in [0.1, 0.15) is 16.5 Å². The molecule has 0 spiro atoms. The number of nitrogens with zero attached hydrogens (tertiary/aromatic N) is 1.